The number of hydrogen-bond donors (Lipinski definition) is 4. The molecular formula is C23H42N6O10S3. The molecule has 3 aliphatic rings. The summed E-state index contributed by atoms with van der Waals surface area (Å²) in [5, 5.41) is 13.3. The van der Waals surface area contributed by atoms with Crippen LogP contribution >= 0.6 is 0 Å². The molecule has 242 valence electrons. The summed E-state index contributed by atoms with van der Waals surface area (Å²) in [5.41, 5.74) is 7.79. The Kier molecular flexibility index (Phi) is 12.0. The van der Waals surface area contributed by atoms with E-state index in [1.54, 1.807) is 18.1 Å². The van der Waals surface area contributed by atoms with Gasteiger partial charge >= 0.3 is 0 Å². The molecule has 2 saturated carbocycles. The van der Waals surface area contributed by atoms with E-state index in [2.05, 4.69) is 19.6 Å². The van der Waals surface area contributed by atoms with E-state index in [9.17, 15) is 29.8 Å². The van der Waals surface area contributed by atoms with Crippen LogP contribution in [0.15, 0.2) is 27.0 Å². The average Bonchev–Trinajstić information content (AvgIpc) is 2.90. The van der Waals surface area contributed by atoms with Crippen molar-refractivity contribution in [2.24, 2.45) is 27.0 Å². The standard InChI is InChI=1S/C23H42N6O10S3/c1-15-12-19(24)22(38-10-3-11-40(30,31)32)14-21(15)27-26-20-9-6-17(13-23(20)42(36,37)39-25)29(2)28-16-4-7-18(8-5-16)41(33,34)35/h12,17-23H,3-11,13-14,24-25H2,1-2H3,(H,30,31,32)(H,33,34,35). The molecule has 0 aromatic rings. The molecule has 0 aromatic carbocycles. The topological polar surface area (TPSA) is 254 Å². The van der Waals surface area contributed by atoms with Crippen molar-refractivity contribution in [3.05, 3.63) is 11.6 Å². The molecule has 0 heterocycles. The molecule has 0 bridgehead atoms. The van der Waals surface area contributed by atoms with Crippen molar-refractivity contribution in [1.82, 2.24) is 5.01 Å². The summed E-state index contributed by atoms with van der Waals surface area (Å²) >= 11 is 0. The maximum atomic E-state index is 12.8. The highest BCUT2D eigenvalue weighted by atomic mass is 32.2. The lowest BCUT2D eigenvalue weighted by Crippen LogP contribution is -2.46. The lowest BCUT2D eigenvalue weighted by molar-refractivity contribution is 0.0330. The van der Waals surface area contributed by atoms with Crippen LogP contribution in [0.25, 0.3) is 0 Å². The van der Waals surface area contributed by atoms with Gasteiger partial charge in [0, 0.05) is 37.9 Å². The fourth-order valence-electron chi connectivity index (χ4n) is 5.62. The molecule has 3 rings (SSSR count). The Hall–Kier alpha value is -1.58. The van der Waals surface area contributed by atoms with E-state index in [-0.39, 0.29) is 38.3 Å². The minimum atomic E-state index is -4.18. The van der Waals surface area contributed by atoms with Crippen LogP contribution in [0.5, 0.6) is 0 Å². The van der Waals surface area contributed by atoms with E-state index in [1.807, 2.05) is 6.92 Å². The van der Waals surface area contributed by atoms with Crippen LogP contribution in [-0.2, 0) is 39.4 Å². The summed E-state index contributed by atoms with van der Waals surface area (Å²) in [6.07, 6.45) is 4.20. The first-order valence-corrected chi connectivity index (χ1v) is 18.4. The third-order valence-electron chi connectivity index (χ3n) is 8.09. The number of hydrazone groups is 1. The maximum absolute atomic E-state index is 12.8. The van der Waals surface area contributed by atoms with Crippen LogP contribution in [-0.4, -0.2) is 105 Å². The van der Waals surface area contributed by atoms with Gasteiger partial charge in [0.1, 0.15) is 5.25 Å². The van der Waals surface area contributed by atoms with E-state index < -0.39 is 70.8 Å². The summed E-state index contributed by atoms with van der Waals surface area (Å²) in [5.74, 6) is 4.71. The third-order valence-corrected chi connectivity index (χ3v) is 11.7. The maximum Gasteiger partial charge on any atom is 0.288 e. The quantitative estimate of drug-likeness (QED) is 0.0744. The lowest BCUT2D eigenvalue weighted by Gasteiger charge is -2.36. The highest BCUT2D eigenvalue weighted by molar-refractivity contribution is 7.87. The molecule has 6 N–H and O–H groups in total. The minimum Gasteiger partial charge on any atom is -0.376 e. The van der Waals surface area contributed by atoms with Gasteiger partial charge in [-0.3, -0.25) is 14.1 Å². The van der Waals surface area contributed by atoms with Gasteiger partial charge in [-0.05, 0) is 63.9 Å². The second kappa shape index (κ2) is 14.5. The third kappa shape index (κ3) is 9.98. The zero-order valence-electron chi connectivity index (χ0n) is 23.7. The normalized spacial score (nSPS) is 31.6. The first-order valence-electron chi connectivity index (χ1n) is 13.8. The van der Waals surface area contributed by atoms with Crippen LogP contribution in [0.1, 0.15) is 64.7 Å². The average molecular weight is 659 g/mol. The molecule has 0 aromatic heterocycles. The van der Waals surface area contributed by atoms with Gasteiger partial charge in [-0.1, -0.05) is 6.08 Å². The molecule has 2 fully saturated rings. The first-order chi connectivity index (χ1) is 19.5. The van der Waals surface area contributed by atoms with E-state index in [0.717, 1.165) is 11.3 Å². The van der Waals surface area contributed by atoms with Crippen LogP contribution in [0.3, 0.4) is 0 Å². The number of nitrogens with zero attached hydrogens (tertiary/aromatic N) is 4. The second-order valence-corrected chi connectivity index (χ2v) is 16.2. The number of hydrogen-bond acceptors (Lipinski definition) is 14. The Labute approximate surface area is 247 Å². The minimum absolute atomic E-state index is 0.0753. The number of azo groups is 1. The van der Waals surface area contributed by atoms with Crippen molar-refractivity contribution < 1.29 is 43.4 Å². The van der Waals surface area contributed by atoms with Gasteiger partial charge in [0.2, 0.25) is 0 Å². The molecule has 3 aliphatic carbocycles. The first kappa shape index (κ1) is 34.9. The van der Waals surface area contributed by atoms with Gasteiger partial charge in [-0.2, -0.15) is 50.8 Å². The Morgan fingerprint density at radius 1 is 1.02 bits per heavy atom. The fourth-order valence-corrected chi connectivity index (χ4v) is 8.11. The van der Waals surface area contributed by atoms with Crippen molar-refractivity contribution in [1.29, 1.82) is 0 Å². The summed E-state index contributed by atoms with van der Waals surface area (Å²) in [4.78, 5) is 0. The van der Waals surface area contributed by atoms with Crippen molar-refractivity contribution in [3.8, 4) is 0 Å². The summed E-state index contributed by atoms with van der Waals surface area (Å²) in [6, 6.07) is -1.87. The molecule has 19 heteroatoms. The molecule has 6 atom stereocenters. The molecule has 16 nitrogen and oxygen atoms in total. The Morgan fingerprint density at radius 2 is 1.69 bits per heavy atom. The second-order valence-electron chi connectivity index (χ2n) is 11.1. The molecule has 42 heavy (non-hydrogen) atoms. The van der Waals surface area contributed by atoms with Crippen LogP contribution in [0.4, 0.5) is 0 Å². The molecule has 0 amide bonds. The van der Waals surface area contributed by atoms with Crippen LogP contribution < -0.4 is 11.6 Å². The monoisotopic (exact) mass is 658 g/mol. The predicted octanol–water partition coefficient (Wildman–Crippen LogP) is 0.776. The van der Waals surface area contributed by atoms with E-state index in [4.69, 9.17) is 20.9 Å². The Bertz CT molecular complexity index is 1340. The zero-order chi connectivity index (χ0) is 31.3. The van der Waals surface area contributed by atoms with Crippen LogP contribution in [0.2, 0.25) is 0 Å². The SMILES string of the molecule is CC1=CC(N)C(OCCCS(=O)(=O)O)CC1N=NC1CCC(N(C)N=C2CCC(S(=O)(=O)O)CC2)CC1S(=O)(=O)ON. The van der Waals surface area contributed by atoms with Gasteiger partial charge in [0.25, 0.3) is 30.4 Å². The number of nitrogens with two attached hydrogens (primary N) is 2. The van der Waals surface area contributed by atoms with Crippen molar-refractivity contribution >= 4 is 36.1 Å². The van der Waals surface area contributed by atoms with E-state index in [0.29, 0.717) is 32.1 Å². The predicted molar refractivity (Wildman–Crippen MR) is 154 cm³/mol. The number of ether oxygens (including phenoxy) is 1. The molecule has 6 unspecified atom stereocenters. The Balaban J connectivity index is 1.65. The van der Waals surface area contributed by atoms with E-state index in [1.165, 1.54) is 0 Å². The smallest absolute Gasteiger partial charge is 0.288 e. The molecular weight excluding hydrogens is 616 g/mol. The van der Waals surface area contributed by atoms with Crippen LogP contribution in [0, 0.1) is 0 Å². The highest BCUT2D eigenvalue weighted by Crippen LogP contribution is 2.32. The zero-order valence-corrected chi connectivity index (χ0v) is 26.2. The summed E-state index contributed by atoms with van der Waals surface area (Å²) < 4.78 is 98.5. The van der Waals surface area contributed by atoms with Gasteiger partial charge in [0.05, 0.1) is 29.2 Å². The van der Waals surface area contributed by atoms with Crippen molar-refractivity contribution in [2.75, 3.05) is 19.4 Å². The molecule has 0 spiro atoms. The van der Waals surface area contributed by atoms with E-state index >= 15 is 0 Å². The van der Waals surface area contributed by atoms with Gasteiger partial charge < -0.3 is 10.5 Å². The highest BCUT2D eigenvalue weighted by Gasteiger charge is 2.42. The largest absolute Gasteiger partial charge is 0.376 e. The van der Waals surface area contributed by atoms with Gasteiger partial charge in [-0.25, -0.2) is 0 Å². The summed E-state index contributed by atoms with van der Waals surface area (Å²) in [6.45, 7) is 1.91. The van der Waals surface area contributed by atoms with Crippen molar-refractivity contribution in [3.63, 3.8) is 0 Å². The molecule has 0 radical (unpaired) electrons. The van der Waals surface area contributed by atoms with Crippen molar-refractivity contribution in [2.45, 2.75) is 105 Å². The Morgan fingerprint density at radius 3 is 2.29 bits per heavy atom. The molecule has 0 saturated heterocycles. The van der Waals surface area contributed by atoms with Gasteiger partial charge in [0.15, 0.2) is 0 Å². The number of rotatable bonds is 12. The summed E-state index contributed by atoms with van der Waals surface area (Å²) in [7, 11) is -10.6. The lowest BCUT2D eigenvalue weighted by atomic mass is 9.90. The fraction of sp³-hybridized carbons (Fsp3) is 0.870. The van der Waals surface area contributed by atoms with Gasteiger partial charge in [-0.15, -0.1) is 0 Å². The molecule has 0 aliphatic heterocycles.